The standard InChI is InChI=1S/C10H14BrNOS/c1-3-7(2)12-6-9(13)10-8(11)4-5-14-10/h4-5,7,12H,3,6H2,1-2H3. The van der Waals surface area contributed by atoms with E-state index in [2.05, 4.69) is 35.1 Å². The Labute approximate surface area is 96.8 Å². The maximum atomic E-state index is 11.7. The van der Waals surface area contributed by atoms with E-state index in [-0.39, 0.29) is 5.78 Å². The number of carbonyl (C=O) groups excluding carboxylic acids is 1. The van der Waals surface area contributed by atoms with Gasteiger partial charge in [-0.25, -0.2) is 0 Å². The summed E-state index contributed by atoms with van der Waals surface area (Å²) in [4.78, 5) is 12.5. The van der Waals surface area contributed by atoms with Crippen molar-refractivity contribution in [3.05, 3.63) is 20.8 Å². The van der Waals surface area contributed by atoms with Gasteiger partial charge in [0.15, 0.2) is 5.78 Å². The van der Waals surface area contributed by atoms with E-state index in [9.17, 15) is 4.79 Å². The topological polar surface area (TPSA) is 29.1 Å². The zero-order valence-corrected chi connectivity index (χ0v) is 10.7. The van der Waals surface area contributed by atoms with E-state index in [0.29, 0.717) is 12.6 Å². The summed E-state index contributed by atoms with van der Waals surface area (Å²) in [6, 6.07) is 2.30. The molecule has 0 amide bonds. The van der Waals surface area contributed by atoms with Crippen molar-refractivity contribution in [3.8, 4) is 0 Å². The van der Waals surface area contributed by atoms with Gasteiger partial charge in [-0.1, -0.05) is 6.92 Å². The molecule has 0 bridgehead atoms. The molecule has 0 radical (unpaired) electrons. The second-order valence-electron chi connectivity index (χ2n) is 3.21. The van der Waals surface area contributed by atoms with E-state index in [1.54, 1.807) is 0 Å². The fraction of sp³-hybridized carbons (Fsp3) is 0.500. The predicted octanol–water partition coefficient (Wildman–Crippen LogP) is 3.08. The number of ketones is 1. The molecule has 1 heterocycles. The summed E-state index contributed by atoms with van der Waals surface area (Å²) in [6.07, 6.45) is 1.04. The first-order valence-electron chi connectivity index (χ1n) is 4.64. The minimum absolute atomic E-state index is 0.159. The molecule has 0 aromatic carbocycles. The van der Waals surface area contributed by atoms with Gasteiger partial charge in [0.2, 0.25) is 0 Å². The van der Waals surface area contributed by atoms with Gasteiger partial charge in [0, 0.05) is 10.5 Å². The summed E-state index contributed by atoms with van der Waals surface area (Å²) in [7, 11) is 0. The van der Waals surface area contributed by atoms with Gasteiger partial charge in [0.1, 0.15) is 0 Å². The van der Waals surface area contributed by atoms with Gasteiger partial charge in [0.05, 0.1) is 11.4 Å². The average Bonchev–Trinajstić information content (AvgIpc) is 2.60. The Hall–Kier alpha value is -0.190. The highest BCUT2D eigenvalue weighted by Gasteiger charge is 2.11. The van der Waals surface area contributed by atoms with Crippen molar-refractivity contribution >= 4 is 33.0 Å². The second kappa shape index (κ2) is 5.63. The minimum atomic E-state index is 0.159. The number of hydrogen-bond donors (Lipinski definition) is 1. The largest absolute Gasteiger partial charge is 0.307 e. The molecular weight excluding hydrogens is 262 g/mol. The van der Waals surface area contributed by atoms with Crippen molar-refractivity contribution in [2.45, 2.75) is 26.3 Å². The van der Waals surface area contributed by atoms with E-state index < -0.39 is 0 Å². The lowest BCUT2D eigenvalue weighted by Gasteiger charge is -2.09. The molecule has 0 saturated heterocycles. The predicted molar refractivity (Wildman–Crippen MR) is 64.1 cm³/mol. The van der Waals surface area contributed by atoms with E-state index in [1.807, 2.05) is 11.4 Å². The lowest BCUT2D eigenvalue weighted by Crippen LogP contribution is -2.30. The van der Waals surface area contributed by atoms with Crippen LogP contribution in [0.2, 0.25) is 0 Å². The molecule has 1 atom stereocenters. The summed E-state index contributed by atoms with van der Waals surface area (Å²) in [5, 5.41) is 5.10. The molecule has 0 aliphatic heterocycles. The Morgan fingerprint density at radius 1 is 1.71 bits per heavy atom. The Bertz CT molecular complexity index is 311. The lowest BCUT2D eigenvalue weighted by molar-refractivity contribution is 0.0991. The van der Waals surface area contributed by atoms with Gasteiger partial charge in [-0.15, -0.1) is 11.3 Å². The van der Waals surface area contributed by atoms with Crippen molar-refractivity contribution in [1.29, 1.82) is 0 Å². The number of carbonyl (C=O) groups is 1. The van der Waals surface area contributed by atoms with Crippen molar-refractivity contribution in [2.75, 3.05) is 6.54 Å². The minimum Gasteiger partial charge on any atom is -0.307 e. The van der Waals surface area contributed by atoms with Crippen LogP contribution >= 0.6 is 27.3 Å². The molecule has 1 rings (SSSR count). The number of nitrogens with one attached hydrogen (secondary N) is 1. The van der Waals surface area contributed by atoms with Crippen LogP contribution in [0.15, 0.2) is 15.9 Å². The maximum absolute atomic E-state index is 11.7. The normalized spacial score (nSPS) is 12.8. The van der Waals surface area contributed by atoms with E-state index in [4.69, 9.17) is 0 Å². The van der Waals surface area contributed by atoms with Crippen LogP contribution in [0.1, 0.15) is 29.9 Å². The van der Waals surface area contributed by atoms with Gasteiger partial charge in [-0.2, -0.15) is 0 Å². The SMILES string of the molecule is CCC(C)NCC(=O)c1sccc1Br. The number of halogens is 1. The molecule has 0 saturated carbocycles. The van der Waals surface area contributed by atoms with Crippen LogP contribution in [0.4, 0.5) is 0 Å². The zero-order valence-electron chi connectivity index (χ0n) is 8.34. The first-order chi connectivity index (χ1) is 6.65. The van der Waals surface area contributed by atoms with Crippen LogP contribution in [0.5, 0.6) is 0 Å². The third kappa shape index (κ3) is 3.19. The van der Waals surface area contributed by atoms with Crippen LogP contribution < -0.4 is 5.32 Å². The molecular formula is C10H14BrNOS. The third-order valence-corrected chi connectivity index (χ3v) is 3.97. The summed E-state index contributed by atoms with van der Waals surface area (Å²) >= 11 is 4.83. The number of Topliss-reactive ketones (excluding diaryl/α,β-unsaturated/α-hetero) is 1. The Kier molecular flexibility index (Phi) is 4.78. The summed E-state index contributed by atoms with van der Waals surface area (Å²) in [5.41, 5.74) is 0. The molecule has 0 spiro atoms. The summed E-state index contributed by atoms with van der Waals surface area (Å²) in [5.74, 6) is 0.159. The van der Waals surface area contributed by atoms with Gasteiger partial charge >= 0.3 is 0 Å². The highest BCUT2D eigenvalue weighted by molar-refractivity contribution is 9.10. The van der Waals surface area contributed by atoms with E-state index in [1.165, 1.54) is 11.3 Å². The highest BCUT2D eigenvalue weighted by atomic mass is 79.9. The fourth-order valence-electron chi connectivity index (χ4n) is 0.984. The summed E-state index contributed by atoms with van der Waals surface area (Å²) in [6.45, 7) is 4.61. The Balaban J connectivity index is 2.47. The van der Waals surface area contributed by atoms with Gasteiger partial charge in [0.25, 0.3) is 0 Å². The number of rotatable bonds is 5. The number of thiophene rings is 1. The Morgan fingerprint density at radius 2 is 2.43 bits per heavy atom. The average molecular weight is 276 g/mol. The van der Waals surface area contributed by atoms with Crippen molar-refractivity contribution in [3.63, 3.8) is 0 Å². The van der Waals surface area contributed by atoms with Crippen LogP contribution in [-0.4, -0.2) is 18.4 Å². The van der Waals surface area contributed by atoms with E-state index in [0.717, 1.165) is 15.8 Å². The van der Waals surface area contributed by atoms with Crippen molar-refractivity contribution in [2.24, 2.45) is 0 Å². The maximum Gasteiger partial charge on any atom is 0.187 e. The molecule has 1 N–H and O–H groups in total. The smallest absolute Gasteiger partial charge is 0.187 e. The van der Waals surface area contributed by atoms with Gasteiger partial charge < -0.3 is 5.32 Å². The number of hydrogen-bond acceptors (Lipinski definition) is 3. The van der Waals surface area contributed by atoms with Crippen LogP contribution in [0.25, 0.3) is 0 Å². The monoisotopic (exact) mass is 275 g/mol. The molecule has 0 fully saturated rings. The molecule has 1 aromatic heterocycles. The first-order valence-corrected chi connectivity index (χ1v) is 6.32. The van der Waals surface area contributed by atoms with Crippen LogP contribution in [-0.2, 0) is 0 Å². The Morgan fingerprint density at radius 3 is 2.93 bits per heavy atom. The van der Waals surface area contributed by atoms with Crippen molar-refractivity contribution < 1.29 is 4.79 Å². The third-order valence-electron chi connectivity index (χ3n) is 2.09. The molecule has 14 heavy (non-hydrogen) atoms. The lowest BCUT2D eigenvalue weighted by atomic mass is 10.2. The molecule has 0 aliphatic carbocycles. The molecule has 2 nitrogen and oxygen atoms in total. The fourth-order valence-corrected chi connectivity index (χ4v) is 2.52. The first kappa shape index (κ1) is 11.9. The molecule has 0 aliphatic rings. The van der Waals surface area contributed by atoms with Crippen LogP contribution in [0.3, 0.4) is 0 Å². The zero-order chi connectivity index (χ0) is 10.6. The van der Waals surface area contributed by atoms with Crippen molar-refractivity contribution in [1.82, 2.24) is 5.32 Å². The highest BCUT2D eigenvalue weighted by Crippen LogP contribution is 2.22. The summed E-state index contributed by atoms with van der Waals surface area (Å²) < 4.78 is 0.901. The van der Waals surface area contributed by atoms with Crippen LogP contribution in [0, 0.1) is 0 Å². The second-order valence-corrected chi connectivity index (χ2v) is 4.98. The van der Waals surface area contributed by atoms with Gasteiger partial charge in [-0.3, -0.25) is 4.79 Å². The molecule has 1 aromatic rings. The van der Waals surface area contributed by atoms with Gasteiger partial charge in [-0.05, 0) is 40.7 Å². The quantitative estimate of drug-likeness (QED) is 0.837. The molecule has 78 valence electrons. The molecule has 4 heteroatoms. The molecule has 1 unspecified atom stereocenters. The van der Waals surface area contributed by atoms with E-state index >= 15 is 0 Å².